The molecule has 3 fully saturated rings. The Morgan fingerprint density at radius 1 is 0.330 bits per heavy atom. The van der Waals surface area contributed by atoms with E-state index < -0.39 is 0 Å². The predicted octanol–water partition coefficient (Wildman–Crippen LogP) is 23.2. The number of hydrogen-bond acceptors (Lipinski definition) is 13. The lowest BCUT2D eigenvalue weighted by atomic mass is 10.1. The molecule has 103 heavy (non-hydrogen) atoms. The van der Waals surface area contributed by atoms with E-state index in [1.807, 2.05) is 291 Å². The number of rotatable bonds is 3. The maximum Gasteiger partial charge on any atom is 0.105 e. The number of anilines is 2. The first-order valence-corrected chi connectivity index (χ1v) is 39.1. The minimum atomic E-state index is 0.833. The smallest absolute Gasteiger partial charge is 0.105 e. The van der Waals surface area contributed by atoms with E-state index in [1.165, 1.54) is 82.7 Å². The summed E-state index contributed by atoms with van der Waals surface area (Å²) in [6.07, 6.45) is 24.5. The second-order valence-corrected chi connectivity index (χ2v) is 21.6. The summed E-state index contributed by atoms with van der Waals surface area (Å²) in [5.74, 6) is 1.89. The first-order chi connectivity index (χ1) is 50.0. The number of likely N-dealkylation sites (tertiary alicyclic amines) is 1. The molecule has 14 heteroatoms. The normalized spacial score (nSPS) is 11.4. The Balaban J connectivity index is -0.000000113. The molecule has 0 radical (unpaired) electrons. The molecule has 0 spiro atoms. The van der Waals surface area contributed by atoms with Crippen molar-refractivity contribution in [3.05, 3.63) is 219 Å². The molecule has 11 rings (SSSR count). The quantitative estimate of drug-likeness (QED) is 0.168. The second-order valence-electron chi connectivity index (χ2n) is 21.6. The third kappa shape index (κ3) is 99.0. The highest BCUT2D eigenvalue weighted by Gasteiger charge is 2.08. The lowest BCUT2D eigenvalue weighted by molar-refractivity contribution is 0.0503. The summed E-state index contributed by atoms with van der Waals surface area (Å²) in [7, 11) is 18.8. The van der Waals surface area contributed by atoms with Crippen LogP contribution in [0.5, 0.6) is 0 Å². The lowest BCUT2D eigenvalue weighted by Gasteiger charge is -2.28. The Kier molecular flexibility index (Phi) is 120. The second kappa shape index (κ2) is 106. The van der Waals surface area contributed by atoms with Crippen LogP contribution in [-0.2, 0) is 11.8 Å². The molecule has 8 aromatic rings. The van der Waals surface area contributed by atoms with Crippen LogP contribution in [-0.4, -0.2) is 176 Å². The van der Waals surface area contributed by atoms with Gasteiger partial charge in [0.25, 0.3) is 0 Å². The Morgan fingerprint density at radius 3 is 0.718 bits per heavy atom. The van der Waals surface area contributed by atoms with Gasteiger partial charge in [-0.15, -0.1) is 0 Å². The van der Waals surface area contributed by atoms with Gasteiger partial charge < -0.3 is 38.7 Å². The molecule has 0 amide bonds. The molecule has 3 saturated heterocycles. The molecule has 3 aliphatic heterocycles. The Morgan fingerprint density at radius 2 is 0.573 bits per heavy atom. The standard InChI is InChI=1S/C10H8N2.2C8H11N.C6H14N2.C6H13N.C5H8N2.C5H11NO.3C5H5N.C4H10.2C3H8.8C2H6/c1-3-7-11-9(5-1)10-6-2-4-8-12-10;2*1-9(2)8-6-4-3-5-7-8;1-7-3-5-8(2)6-4-7;1-7-5-3-2-4-6-7;1-5-6-3-4-7(5)2;1-6-2-4-7-5-3-6;3*1-2-4-6-5-3-1;1-4(2)3;2*1-3-2;8*1-2/h1-8H;2*3-7H,1-2H3;3-6H2,1-2H3;2-6H2,1H3;3-4H,1-2H3;2-5H2,1H3;3*1-5H;4H,1-3H3;2*3H2,1-2H3;8*1-2H3. The van der Waals surface area contributed by atoms with Crippen molar-refractivity contribution in [3.63, 3.8) is 0 Å². The van der Waals surface area contributed by atoms with Gasteiger partial charge in [-0.05, 0) is 152 Å². The van der Waals surface area contributed by atoms with Crippen molar-refractivity contribution in [2.75, 3.05) is 132 Å². The van der Waals surface area contributed by atoms with Gasteiger partial charge in [0.15, 0.2) is 0 Å². The fourth-order valence-corrected chi connectivity index (χ4v) is 6.47. The molecule has 0 saturated carbocycles. The monoisotopic (exact) mass is 1430 g/mol. The molecule has 0 aliphatic carbocycles. The van der Waals surface area contributed by atoms with E-state index in [4.69, 9.17) is 4.74 Å². The van der Waals surface area contributed by atoms with Crippen LogP contribution in [0.15, 0.2) is 214 Å². The van der Waals surface area contributed by atoms with E-state index in [-0.39, 0.29) is 0 Å². The molecular weight excluding hydrogens is 1270 g/mol. The summed E-state index contributed by atoms with van der Waals surface area (Å²) in [6.45, 7) is 60.6. The van der Waals surface area contributed by atoms with Gasteiger partial charge in [0.1, 0.15) is 5.82 Å². The zero-order chi connectivity index (χ0) is 80.8. The molecular formula is C89H165N13O. The molecule has 0 N–H and O–H groups in total. The third-order valence-corrected chi connectivity index (χ3v) is 11.4. The summed E-state index contributed by atoms with van der Waals surface area (Å²) in [6, 6.07) is 49.3. The van der Waals surface area contributed by atoms with Crippen LogP contribution in [0.2, 0.25) is 0 Å². The zero-order valence-corrected chi connectivity index (χ0v) is 73.1. The first-order valence-electron chi connectivity index (χ1n) is 39.1. The van der Waals surface area contributed by atoms with Crippen molar-refractivity contribution in [2.24, 2.45) is 13.0 Å². The van der Waals surface area contributed by atoms with E-state index in [2.05, 4.69) is 160 Å². The first kappa shape index (κ1) is 117. The van der Waals surface area contributed by atoms with Crippen LogP contribution in [0, 0.1) is 12.8 Å². The van der Waals surface area contributed by atoms with Crippen molar-refractivity contribution >= 4 is 11.4 Å². The van der Waals surface area contributed by atoms with Crippen molar-refractivity contribution in [2.45, 2.75) is 198 Å². The maximum absolute atomic E-state index is 5.10. The molecule has 2 aromatic carbocycles. The number of hydrogen-bond donors (Lipinski definition) is 0. The van der Waals surface area contributed by atoms with Crippen LogP contribution in [0.4, 0.5) is 11.4 Å². The topological polar surface area (TPSA) is 111 Å². The zero-order valence-electron chi connectivity index (χ0n) is 73.1. The van der Waals surface area contributed by atoms with Crippen LogP contribution in [0.25, 0.3) is 11.4 Å². The number of pyridine rings is 5. The summed E-state index contributed by atoms with van der Waals surface area (Å²) in [4.78, 5) is 37.3. The number of imidazole rings is 1. The maximum atomic E-state index is 5.10. The van der Waals surface area contributed by atoms with Gasteiger partial charge in [0, 0.05) is 148 Å². The number of aryl methyl sites for hydroxylation is 2. The molecule has 6 aromatic heterocycles. The predicted molar refractivity (Wildman–Crippen MR) is 468 cm³/mol. The molecule has 0 bridgehead atoms. The fourth-order valence-electron chi connectivity index (χ4n) is 6.47. The highest BCUT2D eigenvalue weighted by Crippen LogP contribution is 2.11. The number of piperidine rings is 1. The van der Waals surface area contributed by atoms with Crippen LogP contribution >= 0.6 is 0 Å². The van der Waals surface area contributed by atoms with Crippen LogP contribution in [0.3, 0.4) is 0 Å². The molecule has 0 atom stereocenters. The molecule has 0 unspecified atom stereocenters. The third-order valence-electron chi connectivity index (χ3n) is 11.4. The SMILES string of the molecule is CC.CC.CC.CC.CC.CC.CC.CC.CC(C)C.CCC.CCC.CN(C)c1ccccc1.CN(C)c1ccccc1.CN1CCCCC1.CN1CCN(C)CC1.CN1CCOCC1.Cc1nccn1C.c1ccc(-c2ccccn2)nc1.c1ccncc1.c1ccncc1.c1ccncc1. The Hall–Kier alpha value is -7.20. The fraction of sp³-hybridized carbons (Fsp3) is 0.551. The highest BCUT2D eigenvalue weighted by atomic mass is 16.5. The number of morpholine rings is 1. The average Bonchev–Trinajstić information content (AvgIpc) is 1.49. The van der Waals surface area contributed by atoms with Crippen molar-refractivity contribution in [1.82, 2.24) is 54.1 Å². The summed E-state index contributed by atoms with van der Waals surface area (Å²) in [5.41, 5.74) is 4.33. The van der Waals surface area contributed by atoms with Gasteiger partial charge in [0.2, 0.25) is 0 Å². The van der Waals surface area contributed by atoms with E-state index >= 15 is 0 Å². The Bertz CT molecular complexity index is 2210. The number of benzene rings is 2. The molecule has 3 aliphatic rings. The van der Waals surface area contributed by atoms with Crippen LogP contribution in [0.1, 0.15) is 197 Å². The van der Waals surface area contributed by atoms with Crippen molar-refractivity contribution in [3.8, 4) is 11.4 Å². The number of para-hydroxylation sites is 2. The van der Waals surface area contributed by atoms with Gasteiger partial charge in [0.05, 0.1) is 24.6 Å². The Labute approximate surface area is 640 Å². The van der Waals surface area contributed by atoms with Crippen LogP contribution < -0.4 is 9.80 Å². The molecule has 14 nitrogen and oxygen atoms in total. The molecule has 9 heterocycles. The van der Waals surface area contributed by atoms with Crippen molar-refractivity contribution in [1.29, 1.82) is 0 Å². The van der Waals surface area contributed by atoms with E-state index in [9.17, 15) is 0 Å². The summed E-state index contributed by atoms with van der Waals surface area (Å²) < 4.78 is 7.07. The van der Waals surface area contributed by atoms with E-state index in [0.717, 1.165) is 49.4 Å². The largest absolute Gasteiger partial charge is 0.379 e. The number of nitrogens with zero attached hydrogens (tertiary/aromatic N) is 13. The lowest BCUT2D eigenvalue weighted by Crippen LogP contribution is -2.42. The van der Waals surface area contributed by atoms with Gasteiger partial charge >= 0.3 is 0 Å². The van der Waals surface area contributed by atoms with E-state index in [0.29, 0.717) is 0 Å². The number of aromatic nitrogens is 7. The minimum Gasteiger partial charge on any atom is -0.379 e. The van der Waals surface area contributed by atoms with Gasteiger partial charge in [-0.2, -0.15) is 0 Å². The molecule has 592 valence electrons. The summed E-state index contributed by atoms with van der Waals surface area (Å²) in [5, 5.41) is 0. The van der Waals surface area contributed by atoms with E-state index in [1.54, 1.807) is 55.8 Å². The van der Waals surface area contributed by atoms with Gasteiger partial charge in [-0.1, -0.05) is 245 Å². The number of ether oxygens (including phenoxy) is 1. The highest BCUT2D eigenvalue weighted by molar-refractivity contribution is 5.52. The number of likely N-dealkylation sites (N-methyl/N-ethyl adjacent to an activating group) is 3. The minimum absolute atomic E-state index is 0.833. The summed E-state index contributed by atoms with van der Waals surface area (Å²) >= 11 is 0. The van der Waals surface area contributed by atoms with Gasteiger partial charge in [-0.3, -0.25) is 24.9 Å². The number of piperazine rings is 1. The van der Waals surface area contributed by atoms with Gasteiger partial charge in [-0.25, -0.2) is 4.98 Å². The average molecular weight is 1430 g/mol. The van der Waals surface area contributed by atoms with Crippen molar-refractivity contribution < 1.29 is 4.74 Å².